The first-order valence-electron chi connectivity index (χ1n) is 10.8. The van der Waals surface area contributed by atoms with Gasteiger partial charge in [0.15, 0.2) is 0 Å². The van der Waals surface area contributed by atoms with E-state index in [0.717, 1.165) is 77.1 Å². The molecule has 0 N–H and O–H groups in total. The molecule has 0 bridgehead atoms. The highest BCUT2D eigenvalue weighted by Gasteiger charge is 2.42. The van der Waals surface area contributed by atoms with Crippen LogP contribution in [-0.4, -0.2) is 70.1 Å². The topological polar surface area (TPSA) is 67.7 Å². The molecule has 7 heteroatoms. The standard InChI is InChI=1S/C21H32N4O3/c1-2-18-22-9-12-24(18)15-20(27)23-10-7-21(8-11-23)6-5-19(26)25(16-21)14-17-4-3-13-28-17/h9,12,17H,2-8,10-11,13-16H2,1H3/t17-/m0/s1. The van der Waals surface area contributed by atoms with Crippen LogP contribution in [0.3, 0.4) is 0 Å². The molecule has 1 aromatic rings. The van der Waals surface area contributed by atoms with Gasteiger partial charge in [-0.25, -0.2) is 4.98 Å². The molecule has 1 atom stereocenters. The Morgan fingerprint density at radius 3 is 2.86 bits per heavy atom. The molecule has 0 radical (unpaired) electrons. The van der Waals surface area contributed by atoms with E-state index >= 15 is 0 Å². The van der Waals surface area contributed by atoms with Crippen molar-refractivity contribution in [1.29, 1.82) is 0 Å². The number of likely N-dealkylation sites (tertiary alicyclic amines) is 2. The molecular formula is C21H32N4O3. The Kier molecular flexibility index (Phi) is 5.71. The quantitative estimate of drug-likeness (QED) is 0.772. The number of ether oxygens (including phenoxy) is 1. The Morgan fingerprint density at radius 1 is 1.32 bits per heavy atom. The van der Waals surface area contributed by atoms with E-state index in [1.54, 1.807) is 6.20 Å². The summed E-state index contributed by atoms with van der Waals surface area (Å²) in [5, 5.41) is 0. The highest BCUT2D eigenvalue weighted by Crippen LogP contribution is 2.40. The first kappa shape index (κ1) is 19.4. The molecule has 0 aromatic carbocycles. The highest BCUT2D eigenvalue weighted by atomic mass is 16.5. The molecule has 7 nitrogen and oxygen atoms in total. The molecule has 1 aromatic heterocycles. The molecule has 154 valence electrons. The SMILES string of the molecule is CCc1nccn1CC(=O)N1CCC2(CCC(=O)N(C[C@@H]3CCCO3)C2)CC1. The largest absolute Gasteiger partial charge is 0.376 e. The minimum Gasteiger partial charge on any atom is -0.376 e. The maximum Gasteiger partial charge on any atom is 0.242 e. The number of carbonyl (C=O) groups is 2. The second-order valence-electron chi connectivity index (χ2n) is 8.62. The van der Waals surface area contributed by atoms with Crippen molar-refractivity contribution in [3.8, 4) is 0 Å². The van der Waals surface area contributed by atoms with Crippen LogP contribution in [0.4, 0.5) is 0 Å². The molecule has 2 amide bonds. The van der Waals surface area contributed by atoms with Crippen LogP contribution in [0.2, 0.25) is 0 Å². The van der Waals surface area contributed by atoms with Crippen LogP contribution in [0.5, 0.6) is 0 Å². The van der Waals surface area contributed by atoms with Crippen LogP contribution in [0.1, 0.15) is 51.3 Å². The normalized spacial score (nSPS) is 24.9. The zero-order valence-corrected chi connectivity index (χ0v) is 16.9. The summed E-state index contributed by atoms with van der Waals surface area (Å²) < 4.78 is 7.70. The van der Waals surface area contributed by atoms with E-state index < -0.39 is 0 Å². The van der Waals surface area contributed by atoms with E-state index in [9.17, 15) is 9.59 Å². The molecule has 4 heterocycles. The monoisotopic (exact) mass is 388 g/mol. The molecular weight excluding hydrogens is 356 g/mol. The van der Waals surface area contributed by atoms with Crippen LogP contribution in [0.25, 0.3) is 0 Å². The number of aromatic nitrogens is 2. The molecule has 3 fully saturated rings. The van der Waals surface area contributed by atoms with E-state index in [0.29, 0.717) is 13.0 Å². The third-order valence-electron chi connectivity index (χ3n) is 6.80. The number of hydrogen-bond acceptors (Lipinski definition) is 4. The summed E-state index contributed by atoms with van der Waals surface area (Å²) in [7, 11) is 0. The average Bonchev–Trinajstić information content (AvgIpc) is 3.37. The van der Waals surface area contributed by atoms with Crippen LogP contribution < -0.4 is 0 Å². The lowest BCUT2D eigenvalue weighted by Crippen LogP contribution is -2.53. The third kappa shape index (κ3) is 4.09. The van der Waals surface area contributed by atoms with E-state index in [1.807, 2.05) is 20.6 Å². The van der Waals surface area contributed by atoms with Crippen molar-refractivity contribution in [3.05, 3.63) is 18.2 Å². The van der Waals surface area contributed by atoms with Crippen molar-refractivity contribution < 1.29 is 14.3 Å². The van der Waals surface area contributed by atoms with Gasteiger partial charge in [0.1, 0.15) is 12.4 Å². The van der Waals surface area contributed by atoms with E-state index in [-0.39, 0.29) is 23.3 Å². The first-order chi connectivity index (χ1) is 13.6. The fraction of sp³-hybridized carbons (Fsp3) is 0.762. The lowest BCUT2D eigenvalue weighted by atomic mass is 9.72. The van der Waals surface area contributed by atoms with Gasteiger partial charge in [0.25, 0.3) is 0 Å². The van der Waals surface area contributed by atoms with E-state index in [2.05, 4.69) is 11.9 Å². The number of nitrogens with zero attached hydrogens (tertiary/aromatic N) is 4. The van der Waals surface area contributed by atoms with Gasteiger partial charge in [-0.05, 0) is 37.5 Å². The van der Waals surface area contributed by atoms with Crippen LogP contribution in [0, 0.1) is 5.41 Å². The summed E-state index contributed by atoms with van der Waals surface area (Å²) in [6, 6.07) is 0. The lowest BCUT2D eigenvalue weighted by Gasteiger charge is -2.47. The predicted molar refractivity (Wildman–Crippen MR) is 105 cm³/mol. The van der Waals surface area contributed by atoms with Gasteiger partial charge in [0.2, 0.25) is 11.8 Å². The molecule has 3 saturated heterocycles. The Balaban J connectivity index is 1.32. The van der Waals surface area contributed by atoms with Gasteiger partial charge in [0.05, 0.1) is 6.10 Å². The molecule has 4 rings (SSSR count). The van der Waals surface area contributed by atoms with Crippen LogP contribution in [0.15, 0.2) is 12.4 Å². The summed E-state index contributed by atoms with van der Waals surface area (Å²) >= 11 is 0. The van der Waals surface area contributed by atoms with Crippen molar-refractivity contribution in [3.63, 3.8) is 0 Å². The molecule has 28 heavy (non-hydrogen) atoms. The van der Waals surface area contributed by atoms with Gasteiger partial charge in [-0.3, -0.25) is 9.59 Å². The van der Waals surface area contributed by atoms with Gasteiger partial charge in [0, 0.05) is 58.0 Å². The summed E-state index contributed by atoms with van der Waals surface area (Å²) in [4.78, 5) is 33.5. The highest BCUT2D eigenvalue weighted by molar-refractivity contribution is 5.77. The average molecular weight is 389 g/mol. The number of aryl methyl sites for hydroxylation is 1. The summed E-state index contributed by atoms with van der Waals surface area (Å²) in [5.41, 5.74) is 0.173. The molecule has 0 saturated carbocycles. The van der Waals surface area contributed by atoms with Crippen LogP contribution in [-0.2, 0) is 27.3 Å². The smallest absolute Gasteiger partial charge is 0.242 e. The van der Waals surface area contributed by atoms with Crippen molar-refractivity contribution >= 4 is 11.8 Å². The number of carbonyl (C=O) groups excluding carboxylic acids is 2. The van der Waals surface area contributed by atoms with Crippen molar-refractivity contribution in [2.75, 3.05) is 32.8 Å². The summed E-state index contributed by atoms with van der Waals surface area (Å²) in [6.07, 6.45) is 10.4. The first-order valence-corrected chi connectivity index (χ1v) is 10.8. The number of rotatable bonds is 5. The molecule has 3 aliphatic heterocycles. The van der Waals surface area contributed by atoms with Gasteiger partial charge in [-0.15, -0.1) is 0 Å². The second kappa shape index (κ2) is 8.23. The minimum absolute atomic E-state index is 0.172. The van der Waals surface area contributed by atoms with Crippen molar-refractivity contribution in [2.24, 2.45) is 5.41 Å². The lowest BCUT2D eigenvalue weighted by molar-refractivity contribution is -0.144. The Bertz CT molecular complexity index is 702. The van der Waals surface area contributed by atoms with Crippen molar-refractivity contribution in [1.82, 2.24) is 19.4 Å². The summed E-state index contributed by atoms with van der Waals surface area (Å²) in [6.45, 7) is 6.40. The third-order valence-corrected chi connectivity index (χ3v) is 6.80. The summed E-state index contributed by atoms with van der Waals surface area (Å²) in [5.74, 6) is 1.40. The Hall–Kier alpha value is -1.89. The Morgan fingerprint density at radius 2 is 2.14 bits per heavy atom. The zero-order valence-electron chi connectivity index (χ0n) is 16.9. The molecule has 0 unspecified atom stereocenters. The van der Waals surface area contributed by atoms with E-state index in [1.165, 1.54) is 0 Å². The number of imidazole rings is 1. The van der Waals surface area contributed by atoms with Gasteiger partial charge < -0.3 is 19.1 Å². The van der Waals surface area contributed by atoms with Gasteiger partial charge in [-0.2, -0.15) is 0 Å². The maximum atomic E-state index is 12.7. The zero-order chi connectivity index (χ0) is 19.6. The molecule has 3 aliphatic rings. The van der Waals surface area contributed by atoms with E-state index in [4.69, 9.17) is 4.74 Å². The maximum absolute atomic E-state index is 12.7. The number of piperidine rings is 2. The molecule has 1 spiro atoms. The van der Waals surface area contributed by atoms with Crippen LogP contribution >= 0.6 is 0 Å². The number of hydrogen-bond donors (Lipinski definition) is 0. The minimum atomic E-state index is 0.172. The molecule has 0 aliphatic carbocycles. The Labute approximate surface area is 167 Å². The van der Waals surface area contributed by atoms with Crippen molar-refractivity contribution in [2.45, 2.75) is 64.5 Å². The fourth-order valence-electron chi connectivity index (χ4n) is 4.99. The number of amides is 2. The fourth-order valence-corrected chi connectivity index (χ4v) is 4.99. The second-order valence-corrected chi connectivity index (χ2v) is 8.62. The predicted octanol–water partition coefficient (Wildman–Crippen LogP) is 1.86. The van der Waals surface area contributed by atoms with Gasteiger partial charge in [-0.1, -0.05) is 6.92 Å². The van der Waals surface area contributed by atoms with Gasteiger partial charge >= 0.3 is 0 Å².